The number of carbonyl (C=O) groups is 1. The summed E-state index contributed by atoms with van der Waals surface area (Å²) < 4.78 is 36.2. The molecular formula is C25H30N2O4S. The molecule has 170 valence electrons. The highest BCUT2D eigenvalue weighted by Gasteiger charge is 2.31. The lowest BCUT2D eigenvalue weighted by Crippen LogP contribution is -2.27. The van der Waals surface area contributed by atoms with Crippen molar-refractivity contribution in [3.63, 3.8) is 0 Å². The van der Waals surface area contributed by atoms with Crippen LogP contribution in [0.5, 0.6) is 0 Å². The van der Waals surface area contributed by atoms with Crippen LogP contribution in [0.2, 0.25) is 0 Å². The number of rotatable bonds is 5. The Kier molecular flexibility index (Phi) is 5.79. The molecular weight excluding hydrogens is 424 g/mol. The topological polar surface area (TPSA) is 79.6 Å². The molecule has 2 aromatic carbocycles. The molecule has 1 aromatic heterocycles. The molecule has 3 aromatic rings. The van der Waals surface area contributed by atoms with E-state index in [2.05, 4.69) is 4.72 Å². The van der Waals surface area contributed by atoms with Crippen LogP contribution in [0.25, 0.3) is 11.0 Å². The second-order valence-corrected chi connectivity index (χ2v) is 10.3. The fourth-order valence-corrected chi connectivity index (χ4v) is 6.11. The second kappa shape index (κ2) is 8.28. The maximum absolute atomic E-state index is 13.7. The molecule has 1 aliphatic heterocycles. The summed E-state index contributed by atoms with van der Waals surface area (Å²) in [6.45, 7) is 10.8. The van der Waals surface area contributed by atoms with Crippen molar-refractivity contribution in [2.24, 2.45) is 0 Å². The van der Waals surface area contributed by atoms with Crippen LogP contribution < -0.4 is 4.72 Å². The van der Waals surface area contributed by atoms with E-state index >= 15 is 0 Å². The fraction of sp³-hybridized carbons (Fsp3) is 0.400. The number of benzene rings is 2. The van der Waals surface area contributed by atoms with Gasteiger partial charge in [-0.3, -0.25) is 9.52 Å². The van der Waals surface area contributed by atoms with Gasteiger partial charge in [0.2, 0.25) is 0 Å². The first-order valence-corrected chi connectivity index (χ1v) is 12.6. The summed E-state index contributed by atoms with van der Waals surface area (Å²) >= 11 is 0. The van der Waals surface area contributed by atoms with Gasteiger partial charge in [0.15, 0.2) is 11.3 Å². The van der Waals surface area contributed by atoms with Gasteiger partial charge in [0.05, 0.1) is 5.69 Å². The zero-order valence-corrected chi connectivity index (χ0v) is 20.1. The zero-order chi connectivity index (χ0) is 23.2. The largest absolute Gasteiger partial charge is 0.449 e. The number of carbonyl (C=O) groups excluding carboxylic acids is 1. The molecule has 1 amide bonds. The minimum Gasteiger partial charge on any atom is -0.449 e. The number of likely N-dealkylation sites (tertiary alicyclic amines) is 1. The van der Waals surface area contributed by atoms with Crippen LogP contribution in [0.4, 0.5) is 5.69 Å². The average Bonchev–Trinajstić information content (AvgIpc) is 3.39. The number of para-hydroxylation sites is 1. The molecule has 0 unspecified atom stereocenters. The number of furan rings is 1. The van der Waals surface area contributed by atoms with Crippen molar-refractivity contribution >= 4 is 32.6 Å². The summed E-state index contributed by atoms with van der Waals surface area (Å²) in [5.41, 5.74) is 4.76. The summed E-state index contributed by atoms with van der Waals surface area (Å²) in [6.07, 6.45) is 2.65. The van der Waals surface area contributed by atoms with Gasteiger partial charge in [0.1, 0.15) is 4.90 Å². The molecule has 6 nitrogen and oxygen atoms in total. The van der Waals surface area contributed by atoms with Crippen LogP contribution >= 0.6 is 0 Å². The van der Waals surface area contributed by atoms with Crippen LogP contribution in [0, 0.1) is 27.7 Å². The second-order valence-electron chi connectivity index (χ2n) is 8.65. The summed E-state index contributed by atoms with van der Waals surface area (Å²) in [7, 11) is -3.97. The standard InChI is InChI=1S/C25H30N2O4S/c1-6-19-11-9-10-15(2)21(19)26-32(29,30)24-17(4)16(3)14-20-18(5)22(31-23(20)24)25(28)27-12-7-8-13-27/h9-11,14,26H,6-8,12-13H2,1-5H3. The predicted molar refractivity (Wildman–Crippen MR) is 127 cm³/mol. The Labute approximate surface area is 189 Å². The Balaban J connectivity index is 1.89. The highest BCUT2D eigenvalue weighted by Crippen LogP contribution is 2.37. The number of aryl methyl sites for hydroxylation is 4. The first kappa shape index (κ1) is 22.4. The molecule has 1 N–H and O–H groups in total. The van der Waals surface area contributed by atoms with Gasteiger partial charge < -0.3 is 9.32 Å². The van der Waals surface area contributed by atoms with Gasteiger partial charge in [-0.2, -0.15) is 0 Å². The highest BCUT2D eigenvalue weighted by atomic mass is 32.2. The minimum absolute atomic E-state index is 0.0985. The van der Waals surface area contributed by atoms with Crippen molar-refractivity contribution < 1.29 is 17.6 Å². The maximum Gasteiger partial charge on any atom is 0.289 e. The third kappa shape index (κ3) is 3.68. The molecule has 0 radical (unpaired) electrons. The Bertz CT molecular complexity index is 1320. The number of nitrogens with one attached hydrogen (secondary N) is 1. The Morgan fingerprint density at radius 3 is 2.41 bits per heavy atom. The number of sulfonamides is 1. The molecule has 0 aliphatic carbocycles. The lowest BCUT2D eigenvalue weighted by Gasteiger charge is -2.16. The smallest absolute Gasteiger partial charge is 0.289 e. The van der Waals surface area contributed by atoms with E-state index in [1.165, 1.54) is 0 Å². The first-order valence-electron chi connectivity index (χ1n) is 11.1. The van der Waals surface area contributed by atoms with Crippen molar-refractivity contribution in [1.82, 2.24) is 4.90 Å². The number of fused-ring (bicyclic) bond motifs is 1. The molecule has 0 bridgehead atoms. The monoisotopic (exact) mass is 454 g/mol. The Morgan fingerprint density at radius 2 is 1.75 bits per heavy atom. The van der Waals surface area contributed by atoms with Gasteiger partial charge in [-0.05, 0) is 75.3 Å². The molecule has 2 heterocycles. The summed E-state index contributed by atoms with van der Waals surface area (Å²) in [5.74, 6) is 0.0588. The van der Waals surface area contributed by atoms with E-state index < -0.39 is 10.0 Å². The van der Waals surface area contributed by atoms with E-state index in [1.54, 1.807) is 11.8 Å². The lowest BCUT2D eigenvalue weighted by molar-refractivity contribution is 0.0762. The molecule has 1 aliphatic rings. The van der Waals surface area contributed by atoms with E-state index in [0.29, 0.717) is 41.7 Å². The van der Waals surface area contributed by atoms with Crippen LogP contribution in [0.15, 0.2) is 33.6 Å². The maximum atomic E-state index is 13.7. The minimum atomic E-state index is -3.97. The van der Waals surface area contributed by atoms with Gasteiger partial charge in [-0.1, -0.05) is 25.1 Å². The van der Waals surface area contributed by atoms with Crippen molar-refractivity contribution in [3.05, 3.63) is 57.8 Å². The van der Waals surface area contributed by atoms with Crippen LogP contribution in [0.3, 0.4) is 0 Å². The normalized spacial score (nSPS) is 14.3. The molecule has 0 atom stereocenters. The number of amides is 1. The number of anilines is 1. The summed E-state index contributed by atoms with van der Waals surface area (Å²) in [4.78, 5) is 14.9. The third-order valence-corrected chi connectivity index (χ3v) is 8.03. The quantitative estimate of drug-likeness (QED) is 0.570. The van der Waals surface area contributed by atoms with Crippen molar-refractivity contribution in [3.8, 4) is 0 Å². The van der Waals surface area contributed by atoms with E-state index in [9.17, 15) is 13.2 Å². The van der Waals surface area contributed by atoms with Crippen LogP contribution in [-0.4, -0.2) is 32.3 Å². The zero-order valence-electron chi connectivity index (χ0n) is 19.3. The SMILES string of the molecule is CCc1cccc(C)c1NS(=O)(=O)c1c(C)c(C)cc2c(C)c(C(=O)N3CCCC3)oc12. The van der Waals surface area contributed by atoms with E-state index in [0.717, 1.165) is 29.5 Å². The lowest BCUT2D eigenvalue weighted by atomic mass is 10.0. The Hall–Kier alpha value is -2.80. The van der Waals surface area contributed by atoms with Crippen molar-refractivity contribution in [1.29, 1.82) is 0 Å². The molecule has 7 heteroatoms. The number of nitrogens with zero attached hydrogens (tertiary/aromatic N) is 1. The van der Waals surface area contributed by atoms with Crippen LogP contribution in [0.1, 0.15) is 58.1 Å². The predicted octanol–water partition coefficient (Wildman–Crippen LogP) is 5.27. The van der Waals surface area contributed by atoms with Crippen molar-refractivity contribution in [2.45, 2.75) is 58.8 Å². The first-order chi connectivity index (χ1) is 15.2. The van der Waals surface area contributed by atoms with Gasteiger partial charge in [0, 0.05) is 24.0 Å². The molecule has 4 rings (SSSR count). The fourth-order valence-electron chi connectivity index (χ4n) is 4.49. The number of hydrogen-bond donors (Lipinski definition) is 1. The summed E-state index contributed by atoms with van der Waals surface area (Å²) in [5, 5.41) is 0.663. The average molecular weight is 455 g/mol. The highest BCUT2D eigenvalue weighted by molar-refractivity contribution is 7.93. The molecule has 0 saturated carbocycles. The number of hydrogen-bond acceptors (Lipinski definition) is 4. The van der Waals surface area contributed by atoms with Crippen LogP contribution in [-0.2, 0) is 16.4 Å². The molecule has 1 fully saturated rings. The summed E-state index contributed by atoms with van der Waals surface area (Å²) in [6, 6.07) is 7.65. The molecule has 0 spiro atoms. The van der Waals surface area contributed by atoms with E-state index in [-0.39, 0.29) is 22.1 Å². The Morgan fingerprint density at radius 1 is 1.06 bits per heavy atom. The molecule has 32 heavy (non-hydrogen) atoms. The van der Waals surface area contributed by atoms with E-state index in [4.69, 9.17) is 4.42 Å². The van der Waals surface area contributed by atoms with Crippen molar-refractivity contribution in [2.75, 3.05) is 17.8 Å². The third-order valence-electron chi connectivity index (χ3n) is 6.53. The van der Waals surface area contributed by atoms with E-state index in [1.807, 2.05) is 52.0 Å². The van der Waals surface area contributed by atoms with Gasteiger partial charge in [-0.15, -0.1) is 0 Å². The van der Waals surface area contributed by atoms with Gasteiger partial charge >= 0.3 is 0 Å². The van der Waals surface area contributed by atoms with Gasteiger partial charge in [-0.25, -0.2) is 8.42 Å². The van der Waals surface area contributed by atoms with Gasteiger partial charge in [0.25, 0.3) is 15.9 Å². The molecule has 1 saturated heterocycles.